The van der Waals surface area contributed by atoms with Gasteiger partial charge < -0.3 is 14.9 Å². The van der Waals surface area contributed by atoms with E-state index < -0.39 is 10.9 Å². The Morgan fingerprint density at radius 2 is 2.25 bits per heavy atom. The van der Waals surface area contributed by atoms with Crippen LogP contribution >= 0.6 is 11.3 Å². The first-order valence-electron chi connectivity index (χ1n) is 6.74. The molecular formula is C15H11N3O5S. The summed E-state index contributed by atoms with van der Waals surface area (Å²) in [7, 11) is 0. The van der Waals surface area contributed by atoms with E-state index in [9.17, 15) is 14.9 Å². The zero-order valence-electron chi connectivity index (χ0n) is 12.2. The number of anilines is 1. The number of nitrogens with two attached hydrogens (primary N) is 1. The van der Waals surface area contributed by atoms with Crippen LogP contribution in [0.4, 0.5) is 11.4 Å². The van der Waals surface area contributed by atoms with Crippen LogP contribution in [0.5, 0.6) is 0 Å². The molecule has 0 saturated carbocycles. The third-order valence-corrected chi connectivity index (χ3v) is 3.96. The quantitative estimate of drug-likeness (QED) is 0.326. The summed E-state index contributed by atoms with van der Waals surface area (Å²) in [6.07, 6.45) is 1.40. The molecule has 0 aliphatic rings. The van der Waals surface area contributed by atoms with Gasteiger partial charge in [-0.25, -0.2) is 9.78 Å². The fourth-order valence-electron chi connectivity index (χ4n) is 1.94. The minimum atomic E-state index is -0.709. The highest BCUT2D eigenvalue weighted by Gasteiger charge is 2.17. The van der Waals surface area contributed by atoms with E-state index in [0.29, 0.717) is 11.6 Å². The fraction of sp³-hybridized carbons (Fsp3) is 0.0667. The van der Waals surface area contributed by atoms with Gasteiger partial charge in [0.15, 0.2) is 0 Å². The first-order chi connectivity index (χ1) is 11.5. The van der Waals surface area contributed by atoms with Gasteiger partial charge in [0, 0.05) is 6.07 Å². The van der Waals surface area contributed by atoms with E-state index in [1.807, 2.05) is 17.5 Å². The smallest absolute Gasteiger partial charge is 0.338 e. The maximum absolute atomic E-state index is 12.0. The monoisotopic (exact) mass is 345 g/mol. The van der Waals surface area contributed by atoms with Crippen molar-refractivity contribution in [1.82, 2.24) is 4.98 Å². The maximum atomic E-state index is 12.0. The van der Waals surface area contributed by atoms with E-state index in [4.69, 9.17) is 14.9 Å². The van der Waals surface area contributed by atoms with Gasteiger partial charge in [0.05, 0.1) is 15.4 Å². The van der Waals surface area contributed by atoms with Crippen LogP contribution in [0.15, 0.2) is 46.4 Å². The Morgan fingerprint density at radius 3 is 2.96 bits per heavy atom. The van der Waals surface area contributed by atoms with Gasteiger partial charge in [-0.2, -0.15) is 0 Å². The van der Waals surface area contributed by atoms with Crippen LogP contribution in [-0.4, -0.2) is 15.9 Å². The molecule has 2 heterocycles. The van der Waals surface area contributed by atoms with Crippen molar-refractivity contribution in [3.8, 4) is 10.8 Å². The zero-order chi connectivity index (χ0) is 17.1. The largest absolute Gasteiger partial charge is 0.455 e. The number of carbonyl (C=O) groups excluding carboxylic acids is 1. The van der Waals surface area contributed by atoms with Crippen molar-refractivity contribution in [2.24, 2.45) is 0 Å². The molecule has 8 nitrogen and oxygen atoms in total. The number of nitrogens with zero attached hydrogens (tertiary/aromatic N) is 2. The van der Waals surface area contributed by atoms with Gasteiger partial charge in [0.25, 0.3) is 5.69 Å². The van der Waals surface area contributed by atoms with E-state index in [0.717, 1.165) is 10.9 Å². The molecular weight excluding hydrogens is 334 g/mol. The molecule has 0 saturated heterocycles. The van der Waals surface area contributed by atoms with Gasteiger partial charge in [-0.05, 0) is 23.6 Å². The van der Waals surface area contributed by atoms with Crippen LogP contribution in [0.1, 0.15) is 16.1 Å². The molecule has 3 aromatic rings. The van der Waals surface area contributed by atoms with Gasteiger partial charge in [-0.15, -0.1) is 11.3 Å². The summed E-state index contributed by atoms with van der Waals surface area (Å²) in [5.41, 5.74) is 5.61. The standard InChI is InChI=1S/C15H11N3O5S/c16-11-4-3-9(6-12(11)18(20)21)15(19)23-8-10-7-22-14(17-10)13-2-1-5-24-13/h1-7H,8,16H2. The number of thiophene rings is 1. The number of nitro groups is 1. The van der Waals surface area contributed by atoms with Gasteiger partial charge in [0.2, 0.25) is 5.89 Å². The highest BCUT2D eigenvalue weighted by atomic mass is 32.1. The summed E-state index contributed by atoms with van der Waals surface area (Å²) in [4.78, 5) is 27.3. The minimum absolute atomic E-state index is 0.0198. The Balaban J connectivity index is 1.68. The van der Waals surface area contributed by atoms with Crippen molar-refractivity contribution in [3.63, 3.8) is 0 Å². The molecule has 0 amide bonds. The molecule has 0 unspecified atom stereocenters. The van der Waals surface area contributed by atoms with Gasteiger partial charge in [-0.3, -0.25) is 10.1 Å². The van der Waals surface area contributed by atoms with E-state index in [-0.39, 0.29) is 23.5 Å². The van der Waals surface area contributed by atoms with Crippen molar-refractivity contribution in [2.75, 3.05) is 5.73 Å². The molecule has 9 heteroatoms. The molecule has 24 heavy (non-hydrogen) atoms. The molecule has 0 aliphatic heterocycles. The first-order valence-corrected chi connectivity index (χ1v) is 7.62. The number of hydrogen-bond donors (Lipinski definition) is 1. The number of benzene rings is 1. The topological polar surface area (TPSA) is 121 Å². The summed E-state index contributed by atoms with van der Waals surface area (Å²) in [6.45, 7) is -0.105. The Morgan fingerprint density at radius 1 is 1.42 bits per heavy atom. The summed E-state index contributed by atoms with van der Waals surface area (Å²) < 4.78 is 10.4. The molecule has 0 fully saturated rings. The second kappa shape index (κ2) is 6.50. The van der Waals surface area contributed by atoms with Crippen LogP contribution in [0.25, 0.3) is 10.8 Å². The van der Waals surface area contributed by atoms with Crippen molar-refractivity contribution < 1.29 is 18.9 Å². The number of rotatable bonds is 5. The Labute approximate surface area is 139 Å². The van der Waals surface area contributed by atoms with Crippen LogP contribution < -0.4 is 5.73 Å². The number of aromatic nitrogens is 1. The predicted molar refractivity (Wildman–Crippen MR) is 86.4 cm³/mol. The lowest BCUT2D eigenvalue weighted by atomic mass is 10.2. The third-order valence-electron chi connectivity index (χ3n) is 3.10. The van der Waals surface area contributed by atoms with Crippen molar-refractivity contribution in [2.45, 2.75) is 6.61 Å². The molecule has 2 N–H and O–H groups in total. The SMILES string of the molecule is Nc1ccc(C(=O)OCc2coc(-c3cccs3)n2)cc1[N+](=O)[O-]. The van der Waals surface area contributed by atoms with Gasteiger partial charge >= 0.3 is 5.97 Å². The lowest BCUT2D eigenvalue weighted by Gasteiger charge is -2.03. The number of esters is 1. The molecule has 0 bridgehead atoms. The number of nitrogen functional groups attached to an aromatic ring is 1. The molecule has 122 valence electrons. The van der Waals surface area contributed by atoms with Gasteiger partial charge in [0.1, 0.15) is 24.3 Å². The Kier molecular flexibility index (Phi) is 4.25. The normalized spacial score (nSPS) is 10.5. The van der Waals surface area contributed by atoms with Crippen molar-refractivity contribution >= 4 is 28.7 Å². The number of nitro benzene ring substituents is 1. The van der Waals surface area contributed by atoms with Crippen molar-refractivity contribution in [1.29, 1.82) is 0 Å². The van der Waals surface area contributed by atoms with Crippen LogP contribution in [0, 0.1) is 10.1 Å². The molecule has 0 spiro atoms. The zero-order valence-corrected chi connectivity index (χ0v) is 13.0. The number of ether oxygens (including phenoxy) is 1. The highest BCUT2D eigenvalue weighted by molar-refractivity contribution is 7.13. The fourth-order valence-corrected chi connectivity index (χ4v) is 2.59. The second-order valence-corrected chi connectivity index (χ2v) is 5.68. The summed E-state index contributed by atoms with van der Waals surface area (Å²) in [5.74, 6) is -0.266. The van der Waals surface area contributed by atoms with E-state index >= 15 is 0 Å². The number of carbonyl (C=O) groups is 1. The highest BCUT2D eigenvalue weighted by Crippen LogP contribution is 2.25. The van der Waals surface area contributed by atoms with Gasteiger partial charge in [-0.1, -0.05) is 6.07 Å². The minimum Gasteiger partial charge on any atom is -0.455 e. The van der Waals surface area contributed by atoms with Crippen LogP contribution in [0.2, 0.25) is 0 Å². The number of hydrogen-bond acceptors (Lipinski definition) is 8. The maximum Gasteiger partial charge on any atom is 0.338 e. The first kappa shape index (κ1) is 15.7. The summed E-state index contributed by atoms with van der Waals surface area (Å²) in [5, 5.41) is 12.7. The number of oxazole rings is 1. The Hall–Kier alpha value is -3.20. The average Bonchev–Trinajstić information content (AvgIpc) is 3.24. The van der Waals surface area contributed by atoms with E-state index in [1.165, 1.54) is 29.7 Å². The predicted octanol–water partition coefficient (Wildman–Crippen LogP) is 3.25. The van der Waals surface area contributed by atoms with Crippen LogP contribution in [-0.2, 0) is 11.3 Å². The molecule has 1 aromatic carbocycles. The molecule has 0 aliphatic carbocycles. The summed E-state index contributed by atoms with van der Waals surface area (Å²) >= 11 is 1.48. The molecule has 3 rings (SSSR count). The lowest BCUT2D eigenvalue weighted by molar-refractivity contribution is -0.383. The molecule has 2 aromatic heterocycles. The second-order valence-electron chi connectivity index (χ2n) is 4.73. The lowest BCUT2D eigenvalue weighted by Crippen LogP contribution is -2.07. The Bertz CT molecular complexity index is 888. The van der Waals surface area contributed by atoms with Crippen LogP contribution in [0.3, 0.4) is 0 Å². The van der Waals surface area contributed by atoms with Crippen molar-refractivity contribution in [3.05, 3.63) is 63.3 Å². The van der Waals surface area contributed by atoms with E-state index in [1.54, 1.807) is 0 Å². The third kappa shape index (κ3) is 3.25. The summed E-state index contributed by atoms with van der Waals surface area (Å²) in [6, 6.07) is 7.47. The average molecular weight is 345 g/mol. The van der Waals surface area contributed by atoms with E-state index in [2.05, 4.69) is 4.98 Å². The molecule has 0 atom stereocenters. The molecule has 0 radical (unpaired) electrons.